The van der Waals surface area contributed by atoms with Crippen molar-refractivity contribution in [3.05, 3.63) is 47.7 Å². The number of alkyl halides is 2. The first-order chi connectivity index (χ1) is 9.95. The molecule has 0 saturated heterocycles. The molecule has 0 aliphatic heterocycles. The minimum Gasteiger partial charge on any atom is -0.435 e. The Kier molecular flexibility index (Phi) is 4.64. The average molecular weight is 309 g/mol. The molecule has 4 nitrogen and oxygen atoms in total. The van der Waals surface area contributed by atoms with Gasteiger partial charge >= 0.3 is 6.61 Å². The molecule has 0 aliphatic rings. The van der Waals surface area contributed by atoms with Crippen LogP contribution in [0.25, 0.3) is 0 Å². The molecule has 0 fully saturated rings. The summed E-state index contributed by atoms with van der Waals surface area (Å²) in [5.74, 6) is 0.604. The van der Waals surface area contributed by atoms with Crippen LogP contribution in [0.3, 0.4) is 0 Å². The third-order valence-corrected chi connectivity index (χ3v) is 2.86. The summed E-state index contributed by atoms with van der Waals surface area (Å²) in [6.07, 6.45) is 0. The molecule has 0 amide bonds. The third kappa shape index (κ3) is 4.09. The molecule has 0 saturated carbocycles. The highest BCUT2D eigenvalue weighted by Gasteiger charge is 2.08. The van der Waals surface area contributed by atoms with Crippen LogP contribution in [-0.4, -0.2) is 16.6 Å². The number of aryl methyl sites for hydroxylation is 1. The maximum absolute atomic E-state index is 12.1. The molecular weight excluding hydrogens is 296 g/mol. The van der Waals surface area contributed by atoms with E-state index in [9.17, 15) is 8.78 Å². The fourth-order valence-corrected chi connectivity index (χ4v) is 1.87. The summed E-state index contributed by atoms with van der Waals surface area (Å²) in [5.41, 5.74) is 7.72. The molecule has 2 rings (SSSR count). The van der Waals surface area contributed by atoms with Crippen molar-refractivity contribution >= 4 is 28.7 Å². The molecule has 0 radical (unpaired) electrons. The zero-order chi connectivity index (χ0) is 15.4. The van der Waals surface area contributed by atoms with Gasteiger partial charge in [0.1, 0.15) is 16.6 Å². The number of anilines is 2. The maximum atomic E-state index is 12.1. The first-order valence-corrected chi connectivity index (χ1v) is 6.46. The van der Waals surface area contributed by atoms with Crippen molar-refractivity contribution in [3.8, 4) is 5.75 Å². The zero-order valence-electron chi connectivity index (χ0n) is 11.1. The zero-order valence-corrected chi connectivity index (χ0v) is 12.0. The molecule has 0 aliphatic carbocycles. The van der Waals surface area contributed by atoms with E-state index >= 15 is 0 Å². The molecule has 7 heteroatoms. The fourth-order valence-electron chi connectivity index (χ4n) is 1.71. The smallest absolute Gasteiger partial charge is 0.387 e. The number of benzene rings is 1. The monoisotopic (exact) mass is 309 g/mol. The summed E-state index contributed by atoms with van der Waals surface area (Å²) in [6, 6.07) is 9.66. The van der Waals surface area contributed by atoms with Gasteiger partial charge in [0.15, 0.2) is 0 Å². The quantitative estimate of drug-likeness (QED) is 0.829. The summed E-state index contributed by atoms with van der Waals surface area (Å²) in [6.45, 7) is -1.00. The molecule has 1 aromatic carbocycles. The van der Waals surface area contributed by atoms with Gasteiger partial charge in [-0.1, -0.05) is 12.2 Å². The Morgan fingerprint density at radius 1 is 1.24 bits per heavy atom. The van der Waals surface area contributed by atoms with Gasteiger partial charge in [-0.25, -0.2) is 4.98 Å². The molecule has 3 N–H and O–H groups in total. The molecule has 0 spiro atoms. The van der Waals surface area contributed by atoms with Crippen LogP contribution in [0.15, 0.2) is 36.4 Å². The molecule has 0 unspecified atom stereocenters. The van der Waals surface area contributed by atoms with Crippen LogP contribution in [0.1, 0.15) is 11.3 Å². The lowest BCUT2D eigenvalue weighted by atomic mass is 10.2. The van der Waals surface area contributed by atoms with Crippen LogP contribution < -0.4 is 15.8 Å². The number of thiocarbonyl (C=S) groups is 1. The van der Waals surface area contributed by atoms with Crippen LogP contribution in [-0.2, 0) is 0 Å². The Morgan fingerprint density at radius 2 is 1.90 bits per heavy atom. The van der Waals surface area contributed by atoms with E-state index < -0.39 is 6.61 Å². The first-order valence-electron chi connectivity index (χ1n) is 6.05. The van der Waals surface area contributed by atoms with Crippen LogP contribution >= 0.6 is 12.2 Å². The number of hydrogen-bond acceptors (Lipinski definition) is 4. The van der Waals surface area contributed by atoms with Gasteiger partial charge in [0, 0.05) is 11.4 Å². The van der Waals surface area contributed by atoms with E-state index in [1.54, 1.807) is 24.3 Å². The molecular formula is C14H13F2N3OS. The summed E-state index contributed by atoms with van der Waals surface area (Å²) in [7, 11) is 0. The first kappa shape index (κ1) is 15.1. The summed E-state index contributed by atoms with van der Waals surface area (Å²) >= 11 is 4.97. The minimum atomic E-state index is -2.84. The van der Waals surface area contributed by atoms with Gasteiger partial charge in [-0.05, 0) is 43.3 Å². The largest absolute Gasteiger partial charge is 0.435 e. The molecule has 0 atom stereocenters. The van der Waals surface area contributed by atoms with Crippen LogP contribution in [0.4, 0.5) is 20.3 Å². The number of hydrogen-bond donors (Lipinski definition) is 2. The number of halogens is 2. The third-order valence-electron chi connectivity index (χ3n) is 2.64. The second kappa shape index (κ2) is 6.45. The highest BCUT2D eigenvalue weighted by Crippen LogP contribution is 2.22. The van der Waals surface area contributed by atoms with Crippen molar-refractivity contribution in [3.63, 3.8) is 0 Å². The second-order valence-corrected chi connectivity index (χ2v) is 4.68. The Morgan fingerprint density at radius 3 is 2.48 bits per heavy atom. The SMILES string of the molecule is Cc1ccc(C(N)=S)c(Nc2ccc(OC(F)F)cc2)n1. The number of nitrogens with one attached hydrogen (secondary N) is 1. The van der Waals surface area contributed by atoms with Crippen LogP contribution in [0.2, 0.25) is 0 Å². The lowest BCUT2D eigenvalue weighted by molar-refractivity contribution is -0.0498. The number of aromatic nitrogens is 1. The van der Waals surface area contributed by atoms with E-state index in [1.807, 2.05) is 6.92 Å². The van der Waals surface area contributed by atoms with E-state index in [4.69, 9.17) is 18.0 Å². The Labute approximate surface area is 125 Å². The van der Waals surface area contributed by atoms with Crippen LogP contribution in [0.5, 0.6) is 5.75 Å². The predicted molar refractivity (Wildman–Crippen MR) is 81.2 cm³/mol. The number of nitrogens with two attached hydrogens (primary N) is 1. The van der Waals surface area contributed by atoms with Crippen molar-refractivity contribution < 1.29 is 13.5 Å². The van der Waals surface area contributed by atoms with Crippen molar-refractivity contribution in [2.24, 2.45) is 5.73 Å². The van der Waals surface area contributed by atoms with E-state index in [1.165, 1.54) is 12.1 Å². The van der Waals surface area contributed by atoms with Gasteiger partial charge in [-0.3, -0.25) is 0 Å². The second-order valence-electron chi connectivity index (χ2n) is 4.24. The van der Waals surface area contributed by atoms with E-state index in [0.717, 1.165) is 5.69 Å². The number of rotatable bonds is 5. The van der Waals surface area contributed by atoms with Crippen molar-refractivity contribution in [2.75, 3.05) is 5.32 Å². The van der Waals surface area contributed by atoms with Crippen LogP contribution in [0, 0.1) is 6.92 Å². The standard InChI is InChI=1S/C14H13F2N3OS/c1-8-2-7-11(12(17)21)13(18-8)19-9-3-5-10(6-4-9)20-14(15)16/h2-7,14H,1H3,(H2,17,21)(H,18,19). The van der Waals surface area contributed by atoms with E-state index in [-0.39, 0.29) is 10.7 Å². The van der Waals surface area contributed by atoms with Gasteiger partial charge < -0.3 is 15.8 Å². The Hall–Kier alpha value is -2.28. The summed E-state index contributed by atoms with van der Waals surface area (Å²) < 4.78 is 28.4. The normalized spacial score (nSPS) is 10.5. The Balaban J connectivity index is 2.22. The van der Waals surface area contributed by atoms with Gasteiger partial charge in [0.2, 0.25) is 0 Å². The lowest BCUT2D eigenvalue weighted by Gasteiger charge is -2.11. The van der Waals surface area contributed by atoms with E-state index in [2.05, 4.69) is 15.0 Å². The molecule has 1 aromatic heterocycles. The summed E-state index contributed by atoms with van der Waals surface area (Å²) in [4.78, 5) is 4.56. The number of nitrogens with zero attached hydrogens (tertiary/aromatic N) is 1. The fraction of sp³-hybridized carbons (Fsp3) is 0.143. The minimum absolute atomic E-state index is 0.0855. The average Bonchev–Trinajstić information content (AvgIpc) is 2.40. The predicted octanol–water partition coefficient (Wildman–Crippen LogP) is 3.37. The van der Waals surface area contributed by atoms with Gasteiger partial charge in [-0.15, -0.1) is 0 Å². The maximum Gasteiger partial charge on any atom is 0.387 e. The molecule has 0 bridgehead atoms. The number of ether oxygens (including phenoxy) is 1. The highest BCUT2D eigenvalue weighted by molar-refractivity contribution is 7.80. The number of pyridine rings is 1. The highest BCUT2D eigenvalue weighted by atomic mass is 32.1. The van der Waals surface area contributed by atoms with Crippen molar-refractivity contribution in [2.45, 2.75) is 13.5 Å². The van der Waals surface area contributed by atoms with Gasteiger partial charge in [0.25, 0.3) is 0 Å². The Bertz CT molecular complexity index is 647. The van der Waals surface area contributed by atoms with Crippen molar-refractivity contribution in [1.82, 2.24) is 4.98 Å². The van der Waals surface area contributed by atoms with Crippen molar-refractivity contribution in [1.29, 1.82) is 0 Å². The molecule has 2 aromatic rings. The van der Waals surface area contributed by atoms with Gasteiger partial charge in [-0.2, -0.15) is 8.78 Å². The topological polar surface area (TPSA) is 60.2 Å². The van der Waals surface area contributed by atoms with E-state index in [0.29, 0.717) is 17.1 Å². The van der Waals surface area contributed by atoms with Gasteiger partial charge in [0.05, 0.1) is 5.56 Å². The summed E-state index contributed by atoms with van der Waals surface area (Å²) in [5, 5.41) is 3.05. The lowest BCUT2D eigenvalue weighted by Crippen LogP contribution is -2.13. The molecule has 1 heterocycles. The molecule has 110 valence electrons. The molecule has 21 heavy (non-hydrogen) atoms.